The lowest BCUT2D eigenvalue weighted by molar-refractivity contribution is -0.145. The average Bonchev–Trinajstić information content (AvgIpc) is 2.93. The highest BCUT2D eigenvalue weighted by Gasteiger charge is 2.17. The molecule has 108 valence electrons. The van der Waals surface area contributed by atoms with E-state index in [9.17, 15) is 4.79 Å². The fraction of sp³-hybridized carbons (Fsp3) is 0.500. The van der Waals surface area contributed by atoms with Gasteiger partial charge < -0.3 is 15.0 Å². The van der Waals surface area contributed by atoms with Crippen molar-refractivity contribution in [3.63, 3.8) is 0 Å². The van der Waals surface area contributed by atoms with Crippen LogP contribution in [0.2, 0.25) is 0 Å². The molecule has 0 aliphatic carbocycles. The van der Waals surface area contributed by atoms with Crippen LogP contribution in [0.1, 0.15) is 13.3 Å². The summed E-state index contributed by atoms with van der Waals surface area (Å²) in [5.74, 6) is 0.528. The fourth-order valence-corrected chi connectivity index (χ4v) is 2.71. The van der Waals surface area contributed by atoms with E-state index in [1.165, 1.54) is 6.33 Å². The van der Waals surface area contributed by atoms with Gasteiger partial charge in [0.05, 0.1) is 12.9 Å². The van der Waals surface area contributed by atoms with Crippen molar-refractivity contribution in [3.8, 4) is 0 Å². The summed E-state index contributed by atoms with van der Waals surface area (Å²) >= 11 is 1.56. The molecule has 1 unspecified atom stereocenters. The Balaban J connectivity index is 1.92. The molecule has 0 saturated heterocycles. The maximum Gasteiger partial charge on any atom is 0.323 e. The van der Waals surface area contributed by atoms with Crippen molar-refractivity contribution in [2.24, 2.45) is 0 Å². The Bertz CT molecular complexity index is 574. The van der Waals surface area contributed by atoms with Gasteiger partial charge in [-0.2, -0.15) is 0 Å². The smallest absolute Gasteiger partial charge is 0.323 e. The number of carbonyl (C=O) groups excluding carboxylic acids is 1. The minimum Gasteiger partial charge on any atom is -0.465 e. The molecule has 2 aromatic heterocycles. The number of carbonyl (C=O) groups is 1. The average molecular weight is 295 g/mol. The van der Waals surface area contributed by atoms with E-state index in [2.05, 4.69) is 25.3 Å². The number of imidazole rings is 1. The number of likely N-dealkylation sites (N-methyl/N-ethyl adjacent to an activating group) is 1. The Morgan fingerprint density at radius 3 is 3.10 bits per heavy atom. The number of hydrogen-bond acceptors (Lipinski definition) is 7. The van der Waals surface area contributed by atoms with Gasteiger partial charge in [-0.25, -0.2) is 15.0 Å². The molecule has 0 saturated carbocycles. The molecule has 0 fully saturated rings. The summed E-state index contributed by atoms with van der Waals surface area (Å²) < 4.78 is 5.00. The number of fused-ring (bicyclic) bond motifs is 1. The largest absolute Gasteiger partial charge is 0.465 e. The Kier molecular flexibility index (Phi) is 5.31. The standard InChI is InChI=1S/C12H17N5O2S/c1-3-19-12(18)8(13-2)4-5-20-11-9-10(15-6-14-9)16-7-17-11/h6-8,13H,3-5H2,1-2H3,(H,14,15,16,17). The second kappa shape index (κ2) is 7.20. The number of rotatable bonds is 7. The molecule has 0 spiro atoms. The Morgan fingerprint density at radius 1 is 1.50 bits per heavy atom. The molecule has 1 atom stereocenters. The second-order valence-corrected chi connectivity index (χ2v) is 5.09. The van der Waals surface area contributed by atoms with E-state index in [1.807, 2.05) is 0 Å². The van der Waals surface area contributed by atoms with Crippen molar-refractivity contribution in [2.45, 2.75) is 24.4 Å². The minimum atomic E-state index is -0.290. The predicted octanol–water partition coefficient (Wildman–Crippen LogP) is 0.986. The van der Waals surface area contributed by atoms with Gasteiger partial charge in [0.25, 0.3) is 0 Å². The van der Waals surface area contributed by atoms with Gasteiger partial charge in [0, 0.05) is 5.75 Å². The van der Waals surface area contributed by atoms with Gasteiger partial charge in [0.15, 0.2) is 5.65 Å². The molecule has 2 N–H and O–H groups in total. The van der Waals surface area contributed by atoms with Gasteiger partial charge in [0.2, 0.25) is 0 Å². The van der Waals surface area contributed by atoms with Gasteiger partial charge in [-0.1, -0.05) is 0 Å². The van der Waals surface area contributed by atoms with E-state index in [4.69, 9.17) is 4.74 Å². The molecule has 0 aliphatic heterocycles. The highest BCUT2D eigenvalue weighted by atomic mass is 32.2. The Morgan fingerprint density at radius 2 is 2.35 bits per heavy atom. The molecule has 0 bridgehead atoms. The summed E-state index contributed by atoms with van der Waals surface area (Å²) in [5.41, 5.74) is 1.48. The van der Waals surface area contributed by atoms with Crippen LogP contribution in [0.3, 0.4) is 0 Å². The number of ether oxygens (including phenoxy) is 1. The summed E-state index contributed by atoms with van der Waals surface area (Å²) in [6.07, 6.45) is 3.75. The number of aromatic amines is 1. The third kappa shape index (κ3) is 3.45. The number of thioether (sulfide) groups is 1. The van der Waals surface area contributed by atoms with Crippen molar-refractivity contribution >= 4 is 28.9 Å². The molecule has 8 heteroatoms. The number of aromatic nitrogens is 4. The summed E-state index contributed by atoms with van der Waals surface area (Å²) in [5, 5.41) is 3.80. The van der Waals surface area contributed by atoms with Crippen LogP contribution in [0.15, 0.2) is 17.7 Å². The maximum atomic E-state index is 11.7. The van der Waals surface area contributed by atoms with Crippen LogP contribution in [0, 0.1) is 0 Å². The molecule has 0 aliphatic rings. The zero-order valence-corrected chi connectivity index (χ0v) is 12.2. The summed E-state index contributed by atoms with van der Waals surface area (Å²) in [7, 11) is 1.75. The van der Waals surface area contributed by atoms with Crippen LogP contribution in [0.25, 0.3) is 11.2 Å². The molecular weight excluding hydrogens is 278 g/mol. The van der Waals surface area contributed by atoms with E-state index in [1.54, 1.807) is 32.1 Å². The first-order valence-corrected chi connectivity index (χ1v) is 7.35. The summed E-state index contributed by atoms with van der Waals surface area (Å²) in [4.78, 5) is 27.0. The van der Waals surface area contributed by atoms with Crippen molar-refractivity contribution in [1.82, 2.24) is 25.3 Å². The lowest BCUT2D eigenvalue weighted by Gasteiger charge is -2.13. The second-order valence-electron chi connectivity index (χ2n) is 4.01. The number of hydrogen-bond donors (Lipinski definition) is 2. The number of H-pyrrole nitrogens is 1. The van der Waals surface area contributed by atoms with Crippen molar-refractivity contribution in [3.05, 3.63) is 12.7 Å². The zero-order valence-electron chi connectivity index (χ0n) is 11.4. The van der Waals surface area contributed by atoms with E-state index in [-0.39, 0.29) is 12.0 Å². The third-order valence-corrected chi connectivity index (χ3v) is 3.78. The van der Waals surface area contributed by atoms with E-state index in [0.717, 1.165) is 16.3 Å². The van der Waals surface area contributed by atoms with Gasteiger partial charge in [-0.05, 0) is 20.4 Å². The fourth-order valence-electron chi connectivity index (χ4n) is 1.75. The first-order valence-electron chi connectivity index (χ1n) is 6.37. The quantitative estimate of drug-likeness (QED) is 0.447. The normalized spacial score (nSPS) is 12.5. The third-order valence-electron chi connectivity index (χ3n) is 2.75. The van der Waals surface area contributed by atoms with Crippen molar-refractivity contribution in [2.75, 3.05) is 19.4 Å². The van der Waals surface area contributed by atoms with Crippen molar-refractivity contribution in [1.29, 1.82) is 0 Å². The van der Waals surface area contributed by atoms with Gasteiger partial charge in [-0.15, -0.1) is 11.8 Å². The van der Waals surface area contributed by atoms with Gasteiger partial charge >= 0.3 is 5.97 Å². The number of nitrogens with zero attached hydrogens (tertiary/aromatic N) is 3. The Hall–Kier alpha value is -1.67. The molecule has 2 rings (SSSR count). The lowest BCUT2D eigenvalue weighted by atomic mass is 10.2. The highest BCUT2D eigenvalue weighted by molar-refractivity contribution is 7.99. The van der Waals surface area contributed by atoms with Crippen LogP contribution in [-0.4, -0.2) is 51.4 Å². The molecule has 2 aromatic rings. The lowest BCUT2D eigenvalue weighted by Crippen LogP contribution is -2.36. The monoisotopic (exact) mass is 295 g/mol. The number of esters is 1. The Labute approximate surface area is 120 Å². The summed E-state index contributed by atoms with van der Waals surface area (Å²) in [6, 6.07) is -0.290. The highest BCUT2D eigenvalue weighted by Crippen LogP contribution is 2.22. The summed E-state index contributed by atoms with van der Waals surface area (Å²) in [6.45, 7) is 2.19. The van der Waals surface area contributed by atoms with Gasteiger partial charge in [-0.3, -0.25) is 4.79 Å². The van der Waals surface area contributed by atoms with E-state index < -0.39 is 0 Å². The topological polar surface area (TPSA) is 92.8 Å². The SMILES string of the molecule is CCOC(=O)C(CCSc1ncnc2nc[nH]c12)NC. The van der Waals surface area contributed by atoms with Crippen LogP contribution in [0.5, 0.6) is 0 Å². The predicted molar refractivity (Wildman–Crippen MR) is 76.5 cm³/mol. The molecule has 0 amide bonds. The maximum absolute atomic E-state index is 11.7. The van der Waals surface area contributed by atoms with Crippen LogP contribution in [-0.2, 0) is 9.53 Å². The van der Waals surface area contributed by atoms with Crippen LogP contribution < -0.4 is 5.32 Å². The molecule has 2 heterocycles. The van der Waals surface area contributed by atoms with Crippen LogP contribution >= 0.6 is 11.8 Å². The van der Waals surface area contributed by atoms with Crippen LogP contribution in [0.4, 0.5) is 0 Å². The molecule has 7 nitrogen and oxygen atoms in total. The molecular formula is C12H17N5O2S. The van der Waals surface area contributed by atoms with Crippen molar-refractivity contribution < 1.29 is 9.53 Å². The van der Waals surface area contributed by atoms with E-state index >= 15 is 0 Å². The number of nitrogens with one attached hydrogen (secondary N) is 2. The first-order chi connectivity index (χ1) is 9.76. The van der Waals surface area contributed by atoms with Gasteiger partial charge in [0.1, 0.15) is 22.9 Å². The molecule has 20 heavy (non-hydrogen) atoms. The molecule has 0 aromatic carbocycles. The zero-order chi connectivity index (χ0) is 14.4. The van der Waals surface area contributed by atoms with E-state index in [0.29, 0.717) is 18.7 Å². The first kappa shape index (κ1) is 14.7. The molecule has 0 radical (unpaired) electrons. The minimum absolute atomic E-state index is 0.218.